The van der Waals surface area contributed by atoms with Crippen molar-refractivity contribution in [3.05, 3.63) is 163 Å². The van der Waals surface area contributed by atoms with Crippen LogP contribution in [0.3, 0.4) is 0 Å². The average molecular weight is 662 g/mol. The van der Waals surface area contributed by atoms with Crippen LogP contribution >= 0.6 is 0 Å². The highest BCUT2D eigenvalue weighted by molar-refractivity contribution is 7.87. The van der Waals surface area contributed by atoms with Crippen molar-refractivity contribution in [2.45, 2.75) is 11.8 Å². The number of hydrogen-bond donors (Lipinski definition) is 0. The summed E-state index contributed by atoms with van der Waals surface area (Å²) >= 11 is 0. The predicted molar refractivity (Wildman–Crippen MR) is 194 cm³/mol. The van der Waals surface area contributed by atoms with E-state index in [2.05, 4.69) is 40.6 Å². The van der Waals surface area contributed by atoms with Gasteiger partial charge < -0.3 is 8.60 Å². The van der Waals surface area contributed by atoms with Crippen LogP contribution in [0.2, 0.25) is 0 Å². The molecular weight excluding hydrogens is 633 g/mol. The van der Waals surface area contributed by atoms with Crippen molar-refractivity contribution in [3.8, 4) is 23.0 Å². The fourth-order valence-electron chi connectivity index (χ4n) is 5.17. The summed E-state index contributed by atoms with van der Waals surface area (Å²) in [6.07, 6.45) is 2.41. The summed E-state index contributed by atoms with van der Waals surface area (Å²) in [5, 5.41) is 4.40. The number of nitrogens with zero attached hydrogens (tertiary/aromatic N) is 2. The third-order valence-electron chi connectivity index (χ3n) is 7.71. The Hall–Kier alpha value is -6.34. The molecule has 0 aliphatic carbocycles. The standard InChI is InChI=1S/C17H11NO.C17H14O3S.C7H4NO/c1-2-6-13-11-14(10-9-12(13)5-1)17-18-15-7-3-4-8-16(15)19-17;1-13-6-10-17(11-7-13)21(18,19)20-16-9-8-14-4-2-3-5-15(14)12-16;1-2-4-7-6(3-1)8-5-9-7/h1-11H;2-12H,1H3;1-4H/q;;+1. The summed E-state index contributed by atoms with van der Waals surface area (Å²) in [5.41, 5.74) is 4.59. The van der Waals surface area contributed by atoms with Crippen LogP contribution in [0.4, 0.5) is 5.69 Å². The van der Waals surface area contributed by atoms with Gasteiger partial charge in [-0.05, 0) is 94.1 Å². The zero-order valence-corrected chi connectivity index (χ0v) is 27.2. The Morgan fingerprint density at radius 3 is 2.00 bits per heavy atom. The number of para-hydroxylation sites is 4. The monoisotopic (exact) mass is 661 g/mol. The summed E-state index contributed by atoms with van der Waals surface area (Å²) in [4.78, 5) is 8.50. The first-order chi connectivity index (χ1) is 23.9. The van der Waals surface area contributed by atoms with Gasteiger partial charge in [-0.25, -0.2) is 4.98 Å². The van der Waals surface area contributed by atoms with E-state index in [0.29, 0.717) is 11.6 Å². The first-order valence-electron chi connectivity index (χ1n) is 15.5. The molecule has 9 rings (SSSR count). The molecule has 1 aliphatic heterocycles. The second kappa shape index (κ2) is 13.8. The van der Waals surface area contributed by atoms with E-state index in [4.69, 9.17) is 13.3 Å². The lowest BCUT2D eigenvalue weighted by molar-refractivity contribution is 0.486. The van der Waals surface area contributed by atoms with Crippen molar-refractivity contribution in [2.24, 2.45) is 4.99 Å². The summed E-state index contributed by atoms with van der Waals surface area (Å²) < 4.78 is 40.3. The number of aliphatic imine (C=N–C) groups is 1. The summed E-state index contributed by atoms with van der Waals surface area (Å²) in [5.74, 6) is 1.78. The van der Waals surface area contributed by atoms with Gasteiger partial charge in [-0.1, -0.05) is 90.5 Å². The highest BCUT2D eigenvalue weighted by atomic mass is 32.2. The van der Waals surface area contributed by atoms with Crippen molar-refractivity contribution in [1.82, 2.24) is 4.98 Å². The van der Waals surface area contributed by atoms with Crippen LogP contribution in [0.1, 0.15) is 5.56 Å². The SMILES string of the molecule is Cc1ccc(S(=O)(=O)Oc2ccc3ccccc3c2)cc1.[C+]1=Nc2ccccc2O1.c1ccc2cc(-c3nc4ccccc4o3)ccc2c1. The molecule has 2 heterocycles. The first-order valence-corrected chi connectivity index (χ1v) is 16.9. The Morgan fingerprint density at radius 1 is 0.633 bits per heavy atom. The van der Waals surface area contributed by atoms with Gasteiger partial charge in [0.05, 0.1) is 6.07 Å². The number of hydrogen-bond acceptors (Lipinski definition) is 7. The smallest absolute Gasteiger partial charge is 0.370 e. The molecule has 8 aromatic rings. The van der Waals surface area contributed by atoms with Gasteiger partial charge in [0.15, 0.2) is 5.58 Å². The number of fused-ring (bicyclic) bond motifs is 4. The van der Waals surface area contributed by atoms with Crippen LogP contribution in [0, 0.1) is 6.92 Å². The van der Waals surface area contributed by atoms with Crippen molar-refractivity contribution >= 4 is 54.9 Å². The third kappa shape index (κ3) is 7.31. The van der Waals surface area contributed by atoms with E-state index in [1.54, 1.807) is 36.4 Å². The summed E-state index contributed by atoms with van der Waals surface area (Å²) in [6, 6.07) is 49.5. The zero-order chi connectivity index (χ0) is 33.6. The van der Waals surface area contributed by atoms with E-state index < -0.39 is 10.1 Å². The molecule has 0 fully saturated rings. The van der Waals surface area contributed by atoms with E-state index in [1.165, 1.54) is 10.8 Å². The molecule has 0 N–H and O–H groups in total. The van der Waals surface area contributed by atoms with Crippen LogP contribution in [0.15, 0.2) is 172 Å². The molecule has 7 nitrogen and oxygen atoms in total. The normalized spacial score (nSPS) is 11.4. The molecule has 0 saturated carbocycles. The van der Waals surface area contributed by atoms with Gasteiger partial charge in [0, 0.05) is 11.6 Å². The minimum atomic E-state index is -3.80. The number of benzene rings is 7. The molecule has 0 saturated heterocycles. The number of ether oxygens (including phenoxy) is 1. The van der Waals surface area contributed by atoms with Crippen LogP contribution < -0.4 is 8.92 Å². The quantitative estimate of drug-likeness (QED) is 0.138. The molecule has 0 spiro atoms. The molecule has 0 atom stereocenters. The molecule has 8 heteroatoms. The number of rotatable bonds is 4. The van der Waals surface area contributed by atoms with Gasteiger partial charge in [0.25, 0.3) is 5.69 Å². The number of oxazole rings is 1. The highest BCUT2D eigenvalue weighted by Crippen LogP contribution is 2.30. The fraction of sp³-hybridized carbons (Fsp3) is 0.0244. The fourth-order valence-corrected chi connectivity index (χ4v) is 6.10. The average Bonchev–Trinajstić information content (AvgIpc) is 3.80. The highest BCUT2D eigenvalue weighted by Gasteiger charge is 2.19. The first kappa shape index (κ1) is 31.3. The maximum atomic E-state index is 12.2. The Morgan fingerprint density at radius 2 is 1.27 bits per heavy atom. The second-order valence-electron chi connectivity index (χ2n) is 11.2. The lowest BCUT2D eigenvalue weighted by Gasteiger charge is -2.08. The Balaban J connectivity index is 0.000000124. The third-order valence-corrected chi connectivity index (χ3v) is 8.98. The Labute approximate surface area is 283 Å². The molecule has 0 bridgehead atoms. The maximum absolute atomic E-state index is 12.2. The van der Waals surface area contributed by atoms with Gasteiger partial charge in [-0.3, -0.25) is 4.74 Å². The molecule has 1 aromatic heterocycles. The van der Waals surface area contributed by atoms with Gasteiger partial charge in [-0.15, -0.1) is 0 Å². The van der Waals surface area contributed by atoms with Gasteiger partial charge >= 0.3 is 22.3 Å². The summed E-state index contributed by atoms with van der Waals surface area (Å²) in [7, 11) is -3.80. The van der Waals surface area contributed by atoms with Crippen LogP contribution in [0.5, 0.6) is 11.5 Å². The van der Waals surface area contributed by atoms with Crippen LogP contribution in [-0.4, -0.2) is 19.8 Å². The number of aromatic nitrogens is 1. The molecule has 0 amide bonds. The topological polar surface area (TPSA) is 91.0 Å². The molecule has 238 valence electrons. The molecule has 7 aromatic carbocycles. The van der Waals surface area contributed by atoms with Crippen molar-refractivity contribution in [3.63, 3.8) is 0 Å². The molecular formula is C41H29N2O5S+. The van der Waals surface area contributed by atoms with Crippen LogP contribution in [-0.2, 0) is 10.1 Å². The maximum Gasteiger partial charge on any atom is 0.370 e. The summed E-state index contributed by atoms with van der Waals surface area (Å²) in [6.45, 7) is 1.90. The Kier molecular flexibility index (Phi) is 8.80. The lowest BCUT2D eigenvalue weighted by Crippen LogP contribution is -2.09. The predicted octanol–water partition coefficient (Wildman–Crippen LogP) is 10.2. The molecule has 49 heavy (non-hydrogen) atoms. The second-order valence-corrected chi connectivity index (χ2v) is 12.7. The minimum Gasteiger partial charge on any atom is -0.436 e. The van der Waals surface area contributed by atoms with E-state index in [9.17, 15) is 8.42 Å². The molecule has 0 radical (unpaired) electrons. The molecule has 0 unspecified atom stereocenters. The van der Waals surface area contributed by atoms with E-state index >= 15 is 0 Å². The van der Waals surface area contributed by atoms with E-state index in [0.717, 1.165) is 44.4 Å². The van der Waals surface area contributed by atoms with Crippen LogP contribution in [0.25, 0.3) is 44.1 Å². The molecule has 1 aliphatic rings. The zero-order valence-electron chi connectivity index (χ0n) is 26.4. The van der Waals surface area contributed by atoms with Crippen molar-refractivity contribution in [1.29, 1.82) is 0 Å². The van der Waals surface area contributed by atoms with Gasteiger partial charge in [0.2, 0.25) is 5.89 Å². The van der Waals surface area contributed by atoms with Gasteiger partial charge in [0.1, 0.15) is 16.2 Å². The van der Waals surface area contributed by atoms with E-state index in [1.807, 2.05) is 104 Å². The van der Waals surface area contributed by atoms with E-state index in [-0.39, 0.29) is 4.90 Å². The largest absolute Gasteiger partial charge is 0.436 e. The minimum absolute atomic E-state index is 0.154. The van der Waals surface area contributed by atoms with Crippen molar-refractivity contribution in [2.75, 3.05) is 0 Å². The lowest BCUT2D eigenvalue weighted by atomic mass is 10.1. The number of aryl methyl sites for hydroxylation is 1. The van der Waals surface area contributed by atoms with Gasteiger partial charge in [-0.2, -0.15) is 8.42 Å². The van der Waals surface area contributed by atoms with Crippen molar-refractivity contribution < 1.29 is 21.8 Å². The Bertz CT molecular complexity index is 2510.